The molecule has 1 aliphatic heterocycles. The average molecular weight is 213 g/mol. The third-order valence-electron chi connectivity index (χ3n) is 3.21. The zero-order chi connectivity index (χ0) is 11.1. The number of aliphatic carboxylic acids is 1. The number of likely N-dealkylation sites (tertiary alicyclic amines) is 1. The fourth-order valence-corrected chi connectivity index (χ4v) is 2.35. The molecule has 3 nitrogen and oxygen atoms in total. The third-order valence-corrected chi connectivity index (χ3v) is 3.21. The van der Waals surface area contributed by atoms with E-state index in [1.165, 1.54) is 32.1 Å². The Hall–Kier alpha value is -0.570. The van der Waals surface area contributed by atoms with Gasteiger partial charge in [0, 0.05) is 6.04 Å². The van der Waals surface area contributed by atoms with Gasteiger partial charge in [0.05, 0.1) is 6.42 Å². The van der Waals surface area contributed by atoms with Crippen LogP contribution in [-0.2, 0) is 4.79 Å². The van der Waals surface area contributed by atoms with Gasteiger partial charge in [-0.15, -0.1) is 0 Å². The Balaban J connectivity index is 2.32. The Bertz CT molecular complexity index is 194. The number of piperidine rings is 1. The normalized spacial score (nSPS) is 22.9. The van der Waals surface area contributed by atoms with Crippen LogP contribution in [0.2, 0.25) is 0 Å². The minimum Gasteiger partial charge on any atom is -0.481 e. The molecule has 0 aromatic rings. The molecule has 3 heteroatoms. The zero-order valence-electron chi connectivity index (χ0n) is 9.74. The number of hydrogen-bond acceptors (Lipinski definition) is 2. The SMILES string of the molecule is CCCCCN1CCCCC1CC(=O)O. The second-order valence-corrected chi connectivity index (χ2v) is 4.49. The first-order chi connectivity index (χ1) is 7.24. The van der Waals surface area contributed by atoms with Crippen LogP contribution in [-0.4, -0.2) is 35.1 Å². The number of rotatable bonds is 6. The van der Waals surface area contributed by atoms with E-state index in [0.717, 1.165) is 19.5 Å². The molecule has 1 aliphatic rings. The molecule has 0 aromatic carbocycles. The van der Waals surface area contributed by atoms with Gasteiger partial charge in [0.15, 0.2) is 0 Å². The van der Waals surface area contributed by atoms with E-state index >= 15 is 0 Å². The van der Waals surface area contributed by atoms with Crippen LogP contribution in [0.1, 0.15) is 51.9 Å². The van der Waals surface area contributed by atoms with Crippen molar-refractivity contribution in [1.29, 1.82) is 0 Å². The maximum Gasteiger partial charge on any atom is 0.304 e. The molecule has 1 rings (SSSR count). The molecule has 0 aliphatic carbocycles. The summed E-state index contributed by atoms with van der Waals surface area (Å²) in [6, 6.07) is 0.299. The molecule has 0 aromatic heterocycles. The Morgan fingerprint density at radius 2 is 2.20 bits per heavy atom. The summed E-state index contributed by atoms with van der Waals surface area (Å²) in [6.45, 7) is 4.39. The lowest BCUT2D eigenvalue weighted by Gasteiger charge is -2.34. The van der Waals surface area contributed by atoms with Crippen LogP contribution in [0.4, 0.5) is 0 Å². The zero-order valence-corrected chi connectivity index (χ0v) is 9.74. The number of carbonyl (C=O) groups is 1. The van der Waals surface area contributed by atoms with Crippen LogP contribution in [0.3, 0.4) is 0 Å². The summed E-state index contributed by atoms with van der Waals surface area (Å²) >= 11 is 0. The van der Waals surface area contributed by atoms with Crippen LogP contribution >= 0.6 is 0 Å². The number of unbranched alkanes of at least 4 members (excludes halogenated alkanes) is 2. The first-order valence-corrected chi connectivity index (χ1v) is 6.20. The van der Waals surface area contributed by atoms with Gasteiger partial charge in [-0.2, -0.15) is 0 Å². The van der Waals surface area contributed by atoms with Crippen molar-refractivity contribution in [3.63, 3.8) is 0 Å². The van der Waals surface area contributed by atoms with Crippen LogP contribution in [0, 0.1) is 0 Å². The highest BCUT2D eigenvalue weighted by molar-refractivity contribution is 5.67. The van der Waals surface area contributed by atoms with E-state index in [9.17, 15) is 4.79 Å². The fraction of sp³-hybridized carbons (Fsp3) is 0.917. The van der Waals surface area contributed by atoms with Crippen molar-refractivity contribution >= 4 is 5.97 Å². The highest BCUT2D eigenvalue weighted by atomic mass is 16.4. The molecular formula is C12H23NO2. The van der Waals surface area contributed by atoms with Gasteiger partial charge in [-0.1, -0.05) is 26.2 Å². The van der Waals surface area contributed by atoms with Crippen LogP contribution < -0.4 is 0 Å². The van der Waals surface area contributed by atoms with E-state index in [1.54, 1.807) is 0 Å². The lowest BCUT2D eigenvalue weighted by molar-refractivity contribution is -0.138. The van der Waals surface area contributed by atoms with Crippen LogP contribution in [0.5, 0.6) is 0 Å². The van der Waals surface area contributed by atoms with Crippen molar-refractivity contribution in [2.24, 2.45) is 0 Å². The van der Waals surface area contributed by atoms with E-state index in [-0.39, 0.29) is 0 Å². The summed E-state index contributed by atoms with van der Waals surface area (Å²) in [5.41, 5.74) is 0. The standard InChI is InChI=1S/C12H23NO2/c1-2-3-5-8-13-9-6-4-7-11(13)10-12(14)15/h11H,2-10H2,1H3,(H,14,15). The van der Waals surface area contributed by atoms with E-state index in [2.05, 4.69) is 11.8 Å². The van der Waals surface area contributed by atoms with E-state index in [0.29, 0.717) is 12.5 Å². The molecule has 0 radical (unpaired) electrons. The quantitative estimate of drug-likeness (QED) is 0.689. The maximum absolute atomic E-state index is 10.7. The molecular weight excluding hydrogens is 190 g/mol. The molecule has 1 N–H and O–H groups in total. The summed E-state index contributed by atoms with van der Waals surface area (Å²) < 4.78 is 0. The van der Waals surface area contributed by atoms with Gasteiger partial charge >= 0.3 is 5.97 Å². The monoisotopic (exact) mass is 213 g/mol. The fourth-order valence-electron chi connectivity index (χ4n) is 2.35. The van der Waals surface area contributed by atoms with Crippen molar-refractivity contribution in [3.05, 3.63) is 0 Å². The molecule has 0 bridgehead atoms. The van der Waals surface area contributed by atoms with Crippen LogP contribution in [0.25, 0.3) is 0 Å². The van der Waals surface area contributed by atoms with Crippen LogP contribution in [0.15, 0.2) is 0 Å². The van der Waals surface area contributed by atoms with Crippen molar-refractivity contribution < 1.29 is 9.90 Å². The van der Waals surface area contributed by atoms with Gasteiger partial charge in [-0.25, -0.2) is 0 Å². The Labute approximate surface area is 92.5 Å². The molecule has 1 atom stereocenters. The number of carboxylic acid groups (broad SMARTS) is 1. The first kappa shape index (κ1) is 12.5. The van der Waals surface area contributed by atoms with E-state index in [4.69, 9.17) is 5.11 Å². The third kappa shape index (κ3) is 4.65. The Morgan fingerprint density at radius 3 is 2.87 bits per heavy atom. The van der Waals surface area contributed by atoms with E-state index in [1.807, 2.05) is 0 Å². The second kappa shape index (κ2) is 6.83. The first-order valence-electron chi connectivity index (χ1n) is 6.20. The lowest BCUT2D eigenvalue weighted by Crippen LogP contribution is -2.41. The smallest absolute Gasteiger partial charge is 0.304 e. The second-order valence-electron chi connectivity index (χ2n) is 4.49. The summed E-state index contributed by atoms with van der Waals surface area (Å²) in [6.07, 6.45) is 7.54. The topological polar surface area (TPSA) is 40.5 Å². The molecule has 1 saturated heterocycles. The van der Waals surface area contributed by atoms with Crippen molar-refractivity contribution in [2.45, 2.75) is 57.9 Å². The van der Waals surface area contributed by atoms with Gasteiger partial charge < -0.3 is 5.11 Å². The highest BCUT2D eigenvalue weighted by Crippen LogP contribution is 2.20. The van der Waals surface area contributed by atoms with Gasteiger partial charge in [0.2, 0.25) is 0 Å². The number of nitrogens with zero attached hydrogens (tertiary/aromatic N) is 1. The molecule has 0 spiro atoms. The van der Waals surface area contributed by atoms with E-state index < -0.39 is 5.97 Å². The van der Waals surface area contributed by atoms with Gasteiger partial charge in [0.1, 0.15) is 0 Å². The van der Waals surface area contributed by atoms with Crippen molar-refractivity contribution in [2.75, 3.05) is 13.1 Å². The molecule has 1 heterocycles. The number of hydrogen-bond donors (Lipinski definition) is 1. The molecule has 0 saturated carbocycles. The predicted molar refractivity (Wildman–Crippen MR) is 61.0 cm³/mol. The summed E-state index contributed by atoms with van der Waals surface area (Å²) in [5, 5.41) is 8.83. The summed E-state index contributed by atoms with van der Waals surface area (Å²) in [7, 11) is 0. The van der Waals surface area contributed by atoms with Gasteiger partial charge in [0.25, 0.3) is 0 Å². The summed E-state index contributed by atoms with van der Waals surface area (Å²) in [5.74, 6) is -0.651. The molecule has 0 amide bonds. The van der Waals surface area contributed by atoms with Gasteiger partial charge in [-0.3, -0.25) is 9.69 Å². The minimum atomic E-state index is -0.651. The Morgan fingerprint density at radius 1 is 1.40 bits per heavy atom. The van der Waals surface area contributed by atoms with Gasteiger partial charge in [-0.05, 0) is 32.4 Å². The van der Waals surface area contributed by atoms with Crippen molar-refractivity contribution in [3.8, 4) is 0 Å². The molecule has 88 valence electrons. The summed E-state index contributed by atoms with van der Waals surface area (Å²) in [4.78, 5) is 13.1. The lowest BCUT2D eigenvalue weighted by atomic mass is 9.99. The number of carboxylic acids is 1. The van der Waals surface area contributed by atoms with Crippen molar-refractivity contribution in [1.82, 2.24) is 4.90 Å². The molecule has 1 unspecified atom stereocenters. The minimum absolute atomic E-state index is 0.299. The Kier molecular flexibility index (Phi) is 5.69. The maximum atomic E-state index is 10.7. The largest absolute Gasteiger partial charge is 0.481 e. The average Bonchev–Trinajstić information content (AvgIpc) is 2.20. The highest BCUT2D eigenvalue weighted by Gasteiger charge is 2.23. The molecule has 1 fully saturated rings. The predicted octanol–water partition coefficient (Wildman–Crippen LogP) is 2.51. The molecule has 15 heavy (non-hydrogen) atoms.